The maximum absolute atomic E-state index is 13.4. The molecular formula is C22H21F3N4O4S2. The van der Waals surface area contributed by atoms with Crippen molar-refractivity contribution in [3.8, 4) is 0 Å². The Labute approximate surface area is 206 Å². The van der Waals surface area contributed by atoms with Gasteiger partial charge < -0.3 is 20.1 Å². The monoisotopic (exact) mass is 526 g/mol. The first-order chi connectivity index (χ1) is 16.7. The van der Waals surface area contributed by atoms with E-state index < -0.39 is 24.5 Å². The second kappa shape index (κ2) is 10.9. The van der Waals surface area contributed by atoms with Crippen molar-refractivity contribution in [3.63, 3.8) is 0 Å². The summed E-state index contributed by atoms with van der Waals surface area (Å²) in [6.07, 6.45) is -4.72. The van der Waals surface area contributed by atoms with Gasteiger partial charge in [-0.2, -0.15) is 13.2 Å². The molecule has 4 rings (SSSR count). The normalized spacial score (nSPS) is 14.3. The third kappa shape index (κ3) is 6.28. The zero-order chi connectivity index (χ0) is 25.0. The summed E-state index contributed by atoms with van der Waals surface area (Å²) >= 11 is 2.10. The Kier molecular flexibility index (Phi) is 7.89. The van der Waals surface area contributed by atoms with Gasteiger partial charge in [0.15, 0.2) is 5.78 Å². The number of ether oxygens (including phenoxy) is 1. The van der Waals surface area contributed by atoms with Crippen molar-refractivity contribution in [1.29, 1.82) is 0 Å². The average molecular weight is 527 g/mol. The van der Waals surface area contributed by atoms with E-state index in [1.165, 1.54) is 17.4 Å². The van der Waals surface area contributed by atoms with Crippen LogP contribution in [-0.2, 0) is 22.3 Å². The molecule has 2 N–H and O–H groups in total. The average Bonchev–Trinajstić information content (AvgIpc) is 3.34. The van der Waals surface area contributed by atoms with Crippen LogP contribution in [0.25, 0.3) is 10.9 Å². The van der Waals surface area contributed by atoms with Crippen LogP contribution in [0.3, 0.4) is 0 Å². The Bertz CT molecular complexity index is 1230. The van der Waals surface area contributed by atoms with Crippen molar-refractivity contribution in [2.24, 2.45) is 0 Å². The smallest absolute Gasteiger partial charge is 0.387 e. The minimum atomic E-state index is -4.72. The Morgan fingerprint density at radius 2 is 1.94 bits per heavy atom. The summed E-state index contributed by atoms with van der Waals surface area (Å²) in [7, 11) is 0. The first-order valence-electron chi connectivity index (χ1n) is 10.6. The molecule has 1 fully saturated rings. The van der Waals surface area contributed by atoms with Gasteiger partial charge in [-0.05, 0) is 30.3 Å². The van der Waals surface area contributed by atoms with Gasteiger partial charge >= 0.3 is 6.18 Å². The number of fused-ring (bicyclic) bond motifs is 1. The number of thioether (sulfide) groups is 1. The lowest BCUT2D eigenvalue weighted by Crippen LogP contribution is -2.36. The van der Waals surface area contributed by atoms with Crippen LogP contribution >= 0.6 is 23.1 Å². The second-order valence-corrected chi connectivity index (χ2v) is 9.70. The minimum Gasteiger partial charge on any atom is -0.387 e. The van der Waals surface area contributed by atoms with E-state index in [2.05, 4.69) is 20.2 Å². The molecule has 1 aliphatic rings. The van der Waals surface area contributed by atoms with E-state index in [1.54, 1.807) is 24.3 Å². The molecule has 3 aromatic rings. The highest BCUT2D eigenvalue weighted by atomic mass is 32.2. The van der Waals surface area contributed by atoms with Gasteiger partial charge in [0.2, 0.25) is 11.7 Å². The van der Waals surface area contributed by atoms with E-state index in [9.17, 15) is 22.8 Å². The number of Topliss-reactive ketones (excluding diaryl/α,β-unsaturated/α-hetero) is 1. The van der Waals surface area contributed by atoms with Crippen molar-refractivity contribution in [1.82, 2.24) is 15.3 Å². The van der Waals surface area contributed by atoms with E-state index >= 15 is 0 Å². The first kappa shape index (κ1) is 25.4. The van der Waals surface area contributed by atoms with Gasteiger partial charge in [-0.25, -0.2) is 9.97 Å². The molecule has 13 heteroatoms. The SMILES string of the molecule is O=C(CO)NCc1ccc(C(=O)CSc2nc(C(F)(F)F)nc3ccc(N4CCOCC4)cc23)s1. The molecule has 1 amide bonds. The van der Waals surface area contributed by atoms with Crippen molar-refractivity contribution >= 4 is 51.4 Å². The summed E-state index contributed by atoms with van der Waals surface area (Å²) in [5.41, 5.74) is 0.975. The number of hydrogen-bond donors (Lipinski definition) is 2. The molecule has 0 bridgehead atoms. The van der Waals surface area contributed by atoms with E-state index in [0.717, 1.165) is 17.4 Å². The number of nitrogens with one attached hydrogen (secondary N) is 1. The maximum Gasteiger partial charge on any atom is 0.451 e. The number of rotatable bonds is 8. The Morgan fingerprint density at radius 3 is 2.66 bits per heavy atom. The lowest BCUT2D eigenvalue weighted by atomic mass is 10.2. The number of anilines is 1. The summed E-state index contributed by atoms with van der Waals surface area (Å²) < 4.78 is 45.6. The number of hydrogen-bond acceptors (Lipinski definition) is 9. The summed E-state index contributed by atoms with van der Waals surface area (Å²) in [6.45, 7) is 1.98. The predicted molar refractivity (Wildman–Crippen MR) is 126 cm³/mol. The standard InChI is InChI=1S/C22H21F3N4O4S2/c23-22(24,25)21-27-16-3-1-13(29-5-7-33-8-6-29)9-15(16)20(28-21)34-12-17(31)18-4-2-14(35-18)10-26-19(32)11-30/h1-4,9,30H,5-8,10-12H2,(H,26,32). The summed E-state index contributed by atoms with van der Waals surface area (Å²) in [5, 5.41) is 11.8. The number of carbonyl (C=O) groups is 2. The summed E-state index contributed by atoms with van der Waals surface area (Å²) in [4.78, 5) is 34.6. The van der Waals surface area contributed by atoms with E-state index in [4.69, 9.17) is 9.84 Å². The molecule has 1 saturated heterocycles. The zero-order valence-corrected chi connectivity index (χ0v) is 19.9. The van der Waals surface area contributed by atoms with Crippen LogP contribution in [0.2, 0.25) is 0 Å². The van der Waals surface area contributed by atoms with Crippen LogP contribution in [0.1, 0.15) is 20.4 Å². The third-order valence-corrected chi connectivity index (χ3v) is 7.27. The van der Waals surface area contributed by atoms with Crippen LogP contribution < -0.4 is 10.2 Å². The first-order valence-corrected chi connectivity index (χ1v) is 12.4. The van der Waals surface area contributed by atoms with Crippen molar-refractivity contribution in [2.75, 3.05) is 43.6 Å². The molecule has 186 valence electrons. The van der Waals surface area contributed by atoms with Gasteiger partial charge in [0, 0.05) is 29.0 Å². The minimum absolute atomic E-state index is 0.0813. The van der Waals surface area contributed by atoms with E-state index in [-0.39, 0.29) is 28.6 Å². The highest BCUT2D eigenvalue weighted by Crippen LogP contribution is 2.34. The fraction of sp³-hybridized carbons (Fsp3) is 0.364. The fourth-order valence-electron chi connectivity index (χ4n) is 3.41. The molecule has 1 aliphatic heterocycles. The number of ketones is 1. The second-order valence-electron chi connectivity index (χ2n) is 7.56. The number of carbonyl (C=O) groups excluding carboxylic acids is 2. The van der Waals surface area contributed by atoms with Gasteiger partial charge in [-0.3, -0.25) is 9.59 Å². The number of aliphatic hydroxyl groups excluding tert-OH is 1. The molecule has 0 radical (unpaired) electrons. The Balaban J connectivity index is 1.56. The Hall–Kier alpha value is -2.74. The molecule has 0 atom stereocenters. The fourth-order valence-corrected chi connectivity index (χ4v) is 5.28. The quantitative estimate of drug-likeness (QED) is 0.262. The van der Waals surface area contributed by atoms with Crippen molar-refractivity contribution < 1.29 is 32.6 Å². The van der Waals surface area contributed by atoms with E-state index in [0.29, 0.717) is 41.4 Å². The van der Waals surface area contributed by atoms with E-state index in [1.807, 2.05) is 0 Å². The molecule has 1 aromatic carbocycles. The lowest BCUT2D eigenvalue weighted by molar-refractivity contribution is -0.145. The van der Waals surface area contributed by atoms with Crippen molar-refractivity contribution in [3.05, 3.63) is 45.9 Å². The number of alkyl halides is 3. The van der Waals surface area contributed by atoms with Gasteiger partial charge in [0.1, 0.15) is 11.6 Å². The number of thiophene rings is 1. The van der Waals surface area contributed by atoms with Crippen LogP contribution in [0.4, 0.5) is 18.9 Å². The van der Waals surface area contributed by atoms with Crippen molar-refractivity contribution in [2.45, 2.75) is 17.7 Å². The summed E-state index contributed by atoms with van der Waals surface area (Å²) in [6, 6.07) is 8.29. The van der Waals surface area contributed by atoms with Crippen LogP contribution in [0.15, 0.2) is 35.4 Å². The van der Waals surface area contributed by atoms with Gasteiger partial charge in [0.05, 0.1) is 35.9 Å². The molecule has 2 aromatic heterocycles. The number of halogens is 3. The highest BCUT2D eigenvalue weighted by Gasteiger charge is 2.35. The topological polar surface area (TPSA) is 105 Å². The predicted octanol–water partition coefficient (Wildman–Crippen LogP) is 3.13. The lowest BCUT2D eigenvalue weighted by Gasteiger charge is -2.29. The molecule has 0 aliphatic carbocycles. The summed E-state index contributed by atoms with van der Waals surface area (Å²) in [5.74, 6) is -2.18. The number of nitrogens with zero attached hydrogens (tertiary/aromatic N) is 3. The zero-order valence-electron chi connectivity index (χ0n) is 18.3. The molecule has 35 heavy (non-hydrogen) atoms. The van der Waals surface area contributed by atoms with Crippen LogP contribution in [-0.4, -0.2) is 65.4 Å². The molecule has 8 nitrogen and oxygen atoms in total. The number of benzene rings is 1. The third-order valence-electron chi connectivity index (χ3n) is 5.15. The molecule has 0 saturated carbocycles. The molecule has 3 heterocycles. The Morgan fingerprint density at radius 1 is 1.17 bits per heavy atom. The largest absolute Gasteiger partial charge is 0.451 e. The number of morpholine rings is 1. The maximum atomic E-state index is 13.4. The molecule has 0 unspecified atom stereocenters. The number of amides is 1. The number of aliphatic hydroxyl groups is 1. The van der Waals surface area contributed by atoms with Gasteiger partial charge in [0.25, 0.3) is 0 Å². The van der Waals surface area contributed by atoms with Gasteiger partial charge in [-0.15, -0.1) is 11.3 Å². The van der Waals surface area contributed by atoms with Crippen LogP contribution in [0, 0.1) is 0 Å². The van der Waals surface area contributed by atoms with Crippen LogP contribution in [0.5, 0.6) is 0 Å². The number of aromatic nitrogens is 2. The molecule has 0 spiro atoms. The highest BCUT2D eigenvalue weighted by molar-refractivity contribution is 8.00. The molecular weight excluding hydrogens is 505 g/mol. The van der Waals surface area contributed by atoms with Gasteiger partial charge in [-0.1, -0.05) is 11.8 Å².